The van der Waals surface area contributed by atoms with Gasteiger partial charge in [-0.1, -0.05) is 30.3 Å². The maximum atomic E-state index is 10.5. The Kier molecular flexibility index (Phi) is 5.09. The predicted octanol–water partition coefficient (Wildman–Crippen LogP) is -0.325. The number of fused-ring (bicyclic) bond motifs is 1. The number of nitrogens with two attached hydrogens (primary N) is 1. The van der Waals surface area contributed by atoms with Gasteiger partial charge in [0.25, 0.3) is 0 Å². The van der Waals surface area contributed by atoms with Crippen molar-refractivity contribution < 1.29 is 20.1 Å². The molecule has 0 amide bonds. The van der Waals surface area contributed by atoms with Crippen molar-refractivity contribution in [2.45, 2.75) is 31.0 Å². The molecule has 1 fully saturated rings. The molecule has 10 heteroatoms. The van der Waals surface area contributed by atoms with Gasteiger partial charge in [0.05, 0.1) is 6.61 Å². The van der Waals surface area contributed by atoms with Gasteiger partial charge in [-0.3, -0.25) is 4.57 Å². The van der Waals surface area contributed by atoms with Gasteiger partial charge < -0.3 is 31.1 Å². The molecule has 2 aromatic heterocycles. The molecule has 0 saturated carbocycles. The SMILES string of the molecule is Nc1ncnc2c1nc(NCCc1ccccc1)n2[C@@H]1O[C@H](CO)C(O)C1O. The third-order valence-electron chi connectivity index (χ3n) is 4.82. The Morgan fingerprint density at radius 2 is 1.93 bits per heavy atom. The highest BCUT2D eigenvalue weighted by Crippen LogP contribution is 2.35. The van der Waals surface area contributed by atoms with Gasteiger partial charge in [0.2, 0.25) is 5.95 Å². The number of hydrogen-bond acceptors (Lipinski definition) is 9. The Morgan fingerprint density at radius 1 is 1.14 bits per heavy atom. The monoisotopic (exact) mass is 386 g/mol. The first kappa shape index (κ1) is 18.6. The first-order chi connectivity index (χ1) is 13.6. The molecule has 10 nitrogen and oxygen atoms in total. The fourth-order valence-corrected chi connectivity index (χ4v) is 3.35. The first-order valence-corrected chi connectivity index (χ1v) is 8.98. The van der Waals surface area contributed by atoms with Crippen LogP contribution >= 0.6 is 0 Å². The van der Waals surface area contributed by atoms with Crippen LogP contribution in [0.3, 0.4) is 0 Å². The molecule has 4 atom stereocenters. The number of ether oxygens (including phenoxy) is 1. The summed E-state index contributed by atoms with van der Waals surface area (Å²) in [5.74, 6) is 0.578. The summed E-state index contributed by atoms with van der Waals surface area (Å²) < 4.78 is 7.21. The van der Waals surface area contributed by atoms with E-state index in [-0.39, 0.29) is 5.82 Å². The predicted molar refractivity (Wildman–Crippen MR) is 101 cm³/mol. The highest BCUT2D eigenvalue weighted by atomic mass is 16.6. The number of aliphatic hydroxyl groups excluding tert-OH is 3. The first-order valence-electron chi connectivity index (χ1n) is 8.98. The molecule has 1 aliphatic heterocycles. The van der Waals surface area contributed by atoms with E-state index in [4.69, 9.17) is 10.5 Å². The van der Waals surface area contributed by atoms with E-state index < -0.39 is 31.1 Å². The zero-order valence-corrected chi connectivity index (χ0v) is 15.0. The molecule has 6 N–H and O–H groups in total. The average molecular weight is 386 g/mol. The van der Waals surface area contributed by atoms with Crippen molar-refractivity contribution in [2.75, 3.05) is 24.2 Å². The second kappa shape index (κ2) is 7.68. The van der Waals surface area contributed by atoms with E-state index in [1.54, 1.807) is 4.57 Å². The summed E-state index contributed by atoms with van der Waals surface area (Å²) in [5.41, 5.74) is 7.81. The zero-order chi connectivity index (χ0) is 19.7. The molecule has 4 rings (SSSR count). The van der Waals surface area contributed by atoms with Crippen molar-refractivity contribution in [2.24, 2.45) is 0 Å². The maximum absolute atomic E-state index is 10.5. The lowest BCUT2D eigenvalue weighted by Gasteiger charge is -2.19. The van der Waals surface area contributed by atoms with Crippen molar-refractivity contribution in [1.29, 1.82) is 0 Å². The number of nitrogens with zero attached hydrogens (tertiary/aromatic N) is 4. The van der Waals surface area contributed by atoms with Gasteiger partial charge in [-0.2, -0.15) is 0 Å². The topological polar surface area (TPSA) is 152 Å². The summed E-state index contributed by atoms with van der Waals surface area (Å²) in [4.78, 5) is 12.6. The van der Waals surface area contributed by atoms with Gasteiger partial charge in [-0.05, 0) is 12.0 Å². The Morgan fingerprint density at radius 3 is 2.64 bits per heavy atom. The molecule has 3 aromatic rings. The summed E-state index contributed by atoms with van der Waals surface area (Å²) in [7, 11) is 0. The molecule has 1 saturated heterocycles. The van der Waals surface area contributed by atoms with E-state index in [9.17, 15) is 15.3 Å². The molecule has 2 unspecified atom stereocenters. The number of aromatic nitrogens is 4. The second-order valence-corrected chi connectivity index (χ2v) is 6.63. The summed E-state index contributed by atoms with van der Waals surface area (Å²) in [6, 6.07) is 9.96. The molecular formula is C18H22N6O4. The van der Waals surface area contributed by atoms with Crippen LogP contribution in [0, 0.1) is 0 Å². The molecule has 1 aromatic carbocycles. The van der Waals surface area contributed by atoms with Gasteiger partial charge in [0, 0.05) is 6.54 Å². The fraction of sp³-hybridized carbons (Fsp3) is 0.389. The average Bonchev–Trinajstić information content (AvgIpc) is 3.21. The minimum absolute atomic E-state index is 0.196. The minimum atomic E-state index is -1.26. The zero-order valence-electron chi connectivity index (χ0n) is 15.0. The van der Waals surface area contributed by atoms with E-state index in [1.807, 2.05) is 30.3 Å². The van der Waals surface area contributed by atoms with E-state index in [1.165, 1.54) is 6.33 Å². The van der Waals surface area contributed by atoms with Crippen LogP contribution in [-0.4, -0.2) is 66.3 Å². The van der Waals surface area contributed by atoms with Crippen molar-refractivity contribution in [1.82, 2.24) is 19.5 Å². The van der Waals surface area contributed by atoms with Gasteiger partial charge >= 0.3 is 0 Å². The van der Waals surface area contributed by atoms with Crippen LogP contribution < -0.4 is 11.1 Å². The van der Waals surface area contributed by atoms with Gasteiger partial charge in [0.15, 0.2) is 23.2 Å². The highest BCUT2D eigenvalue weighted by Gasteiger charge is 2.45. The normalized spacial score (nSPS) is 24.7. The quantitative estimate of drug-likeness (QED) is 0.383. The van der Waals surface area contributed by atoms with E-state index in [0.29, 0.717) is 23.7 Å². The largest absolute Gasteiger partial charge is 0.394 e. The van der Waals surface area contributed by atoms with Gasteiger partial charge in [-0.15, -0.1) is 0 Å². The highest BCUT2D eigenvalue weighted by molar-refractivity contribution is 5.84. The van der Waals surface area contributed by atoms with Crippen LogP contribution in [0.5, 0.6) is 0 Å². The van der Waals surface area contributed by atoms with Crippen LogP contribution in [0.1, 0.15) is 11.8 Å². The molecular weight excluding hydrogens is 364 g/mol. The van der Waals surface area contributed by atoms with Crippen LogP contribution in [-0.2, 0) is 11.2 Å². The van der Waals surface area contributed by atoms with Gasteiger partial charge in [0.1, 0.15) is 24.6 Å². The molecule has 0 radical (unpaired) electrons. The van der Waals surface area contributed by atoms with Crippen molar-refractivity contribution in [3.8, 4) is 0 Å². The van der Waals surface area contributed by atoms with Crippen molar-refractivity contribution >= 4 is 22.9 Å². The maximum Gasteiger partial charge on any atom is 0.207 e. The lowest BCUT2D eigenvalue weighted by molar-refractivity contribution is -0.0501. The minimum Gasteiger partial charge on any atom is -0.394 e. The molecule has 1 aliphatic rings. The summed E-state index contributed by atoms with van der Waals surface area (Å²) in [6.07, 6.45) is -2.34. The Hall–Kier alpha value is -2.79. The summed E-state index contributed by atoms with van der Waals surface area (Å²) in [5, 5.41) is 33.2. The number of benzene rings is 1. The number of hydrogen-bond donors (Lipinski definition) is 5. The molecule has 0 bridgehead atoms. The molecule has 3 heterocycles. The number of imidazole rings is 1. The number of anilines is 2. The Bertz CT molecular complexity index is 950. The van der Waals surface area contributed by atoms with Crippen molar-refractivity contribution in [3.63, 3.8) is 0 Å². The standard InChI is InChI=1S/C18H22N6O4/c19-15-12-16(22-9-21-15)24(17-14(27)13(26)11(8-25)28-17)18(23-12)20-7-6-10-4-2-1-3-5-10/h1-5,9,11,13-14,17,25-27H,6-8H2,(H,20,23)(H2,19,21,22)/t11-,13?,14?,17-/m1/s1. The van der Waals surface area contributed by atoms with Crippen LogP contribution in [0.4, 0.5) is 11.8 Å². The molecule has 0 spiro atoms. The smallest absolute Gasteiger partial charge is 0.207 e. The summed E-state index contributed by atoms with van der Waals surface area (Å²) >= 11 is 0. The fourth-order valence-electron chi connectivity index (χ4n) is 3.35. The lowest BCUT2D eigenvalue weighted by atomic mass is 10.1. The van der Waals surface area contributed by atoms with E-state index in [2.05, 4.69) is 20.3 Å². The van der Waals surface area contributed by atoms with E-state index in [0.717, 1.165) is 12.0 Å². The van der Waals surface area contributed by atoms with Crippen LogP contribution in [0.25, 0.3) is 11.2 Å². The van der Waals surface area contributed by atoms with Gasteiger partial charge in [-0.25, -0.2) is 15.0 Å². The van der Waals surface area contributed by atoms with Crippen LogP contribution in [0.15, 0.2) is 36.7 Å². The number of rotatable bonds is 6. The van der Waals surface area contributed by atoms with Crippen LogP contribution in [0.2, 0.25) is 0 Å². The third-order valence-corrected chi connectivity index (χ3v) is 4.82. The molecule has 0 aliphatic carbocycles. The van der Waals surface area contributed by atoms with E-state index >= 15 is 0 Å². The molecule has 148 valence electrons. The summed E-state index contributed by atoms with van der Waals surface area (Å²) in [6.45, 7) is 0.144. The second-order valence-electron chi connectivity index (χ2n) is 6.63. The van der Waals surface area contributed by atoms with Crippen molar-refractivity contribution in [3.05, 3.63) is 42.2 Å². The Balaban J connectivity index is 1.66. The number of nitrogens with one attached hydrogen (secondary N) is 1. The Labute approximate surface area is 160 Å². The number of aliphatic hydroxyl groups is 3. The molecule has 28 heavy (non-hydrogen) atoms. The lowest BCUT2D eigenvalue weighted by Crippen LogP contribution is -2.33. The number of nitrogen functional groups attached to an aromatic ring is 1. The third kappa shape index (κ3) is 3.27.